The number of halogens is 2. The number of aryl methyl sites for hydroxylation is 3. The van der Waals surface area contributed by atoms with Gasteiger partial charge in [-0.15, -0.1) is 0 Å². The first-order valence-electron chi connectivity index (χ1n) is 29.9. The Kier molecular flexibility index (Phi) is 26.3. The molecule has 98 heavy (non-hydrogen) atoms. The average Bonchev–Trinajstić information content (AvgIpc) is 1.44. The van der Waals surface area contributed by atoms with Crippen molar-refractivity contribution < 1.29 is 37.5 Å². The van der Waals surface area contributed by atoms with Crippen LogP contribution in [0.3, 0.4) is 0 Å². The second-order valence-electron chi connectivity index (χ2n) is 21.5. The van der Waals surface area contributed by atoms with Crippen molar-refractivity contribution in [1.82, 2.24) is 26.6 Å². The number of allylic oxidation sites excluding steroid dienone is 2. The highest BCUT2D eigenvalue weighted by Crippen LogP contribution is 2.41. The number of carbonyl (C=O) groups is 5. The van der Waals surface area contributed by atoms with Gasteiger partial charge in [0.1, 0.15) is 39.0 Å². The Morgan fingerprint density at radius 3 is 1.33 bits per heavy atom. The molecule has 494 valence electrons. The summed E-state index contributed by atoms with van der Waals surface area (Å²) < 4.78 is 35.9. The number of rotatable bonds is 10. The van der Waals surface area contributed by atoms with Crippen molar-refractivity contribution in [1.29, 1.82) is 0 Å². The van der Waals surface area contributed by atoms with Crippen LogP contribution in [0, 0.1) is 32.4 Å². The van der Waals surface area contributed by atoms with E-state index in [1.807, 2.05) is 143 Å². The molecule has 8 aromatic carbocycles. The number of thiocarbonyl (C=S) groups is 5. The zero-order chi connectivity index (χ0) is 70.2. The molecule has 5 aliphatic rings. The maximum atomic E-state index is 14.2. The molecule has 5 aliphatic heterocycles. The van der Waals surface area contributed by atoms with Crippen LogP contribution >= 0.6 is 120 Å². The first-order valence-corrected chi connectivity index (χ1v) is 36.0. The SMILES string of the molecule is C/C(=C1/SC(=S)NC1=O)c1cccc(C)c1.CC/C(=C1/SC(=S)NC1=O)c1ccc(OC)cc1.Cc1cccc(/C(=C2/SC(=S)NC2=O)c2cccc(-c3ccccc3)c2)c1.Cc1cccc(/C=C2\SC(=S)NC2=O)c1.O=C1NC(=S)S/C1=C(/c1ccccc1)c1c(F)cccc1F. The van der Waals surface area contributed by atoms with Crippen molar-refractivity contribution in [3.8, 4) is 16.9 Å². The quantitative estimate of drug-likeness (QED) is 0.0651. The van der Waals surface area contributed by atoms with Crippen molar-refractivity contribution in [2.45, 2.75) is 41.0 Å². The zero-order valence-corrected chi connectivity index (χ0v) is 61.3. The van der Waals surface area contributed by atoms with Crippen molar-refractivity contribution >= 4 is 199 Å². The van der Waals surface area contributed by atoms with Gasteiger partial charge in [0.15, 0.2) is 0 Å². The van der Waals surface area contributed by atoms with Crippen molar-refractivity contribution in [2.24, 2.45) is 0 Å². The molecular formula is C75H59F2N5O6S10. The van der Waals surface area contributed by atoms with E-state index in [1.165, 1.54) is 64.2 Å². The third-order valence-electron chi connectivity index (χ3n) is 14.6. The molecule has 13 rings (SSSR count). The van der Waals surface area contributed by atoms with E-state index in [0.29, 0.717) is 42.5 Å². The van der Waals surface area contributed by atoms with Gasteiger partial charge in [0, 0.05) is 11.1 Å². The molecule has 8 aromatic rings. The zero-order valence-electron chi connectivity index (χ0n) is 53.1. The average molecular weight is 1480 g/mol. The van der Waals surface area contributed by atoms with E-state index in [4.69, 9.17) is 65.8 Å². The molecule has 5 amide bonds. The third kappa shape index (κ3) is 19.5. The van der Waals surface area contributed by atoms with Gasteiger partial charge in [-0.2, -0.15) is 0 Å². The summed E-state index contributed by atoms with van der Waals surface area (Å²) in [5.41, 5.74) is 14.4. The van der Waals surface area contributed by atoms with Gasteiger partial charge in [-0.3, -0.25) is 24.0 Å². The molecule has 0 atom stereocenters. The highest BCUT2D eigenvalue weighted by Gasteiger charge is 2.32. The fourth-order valence-electron chi connectivity index (χ4n) is 10.1. The minimum atomic E-state index is -0.724. The smallest absolute Gasteiger partial charge is 0.264 e. The van der Waals surface area contributed by atoms with E-state index in [9.17, 15) is 32.8 Å². The summed E-state index contributed by atoms with van der Waals surface area (Å²) in [6.07, 6.45) is 2.64. The molecule has 5 heterocycles. The number of benzene rings is 8. The first kappa shape index (κ1) is 73.9. The summed E-state index contributed by atoms with van der Waals surface area (Å²) in [6.45, 7) is 10.1. The van der Waals surface area contributed by atoms with E-state index in [1.54, 1.807) is 37.4 Å². The van der Waals surface area contributed by atoms with E-state index in [-0.39, 0.29) is 44.0 Å². The Morgan fingerprint density at radius 2 is 0.837 bits per heavy atom. The lowest BCUT2D eigenvalue weighted by atomic mass is 9.93. The molecule has 0 saturated carbocycles. The van der Waals surface area contributed by atoms with Crippen LogP contribution in [0.5, 0.6) is 5.75 Å². The predicted octanol–water partition coefficient (Wildman–Crippen LogP) is 17.8. The fourth-order valence-corrected chi connectivity index (χ4v) is 15.7. The number of thioether (sulfide) groups is 5. The maximum absolute atomic E-state index is 14.2. The second kappa shape index (κ2) is 34.9. The first-order chi connectivity index (χ1) is 47.1. The molecule has 0 aliphatic carbocycles. The molecule has 0 aromatic heterocycles. The lowest BCUT2D eigenvalue weighted by Crippen LogP contribution is -2.18. The van der Waals surface area contributed by atoms with Crippen LogP contribution in [0.15, 0.2) is 225 Å². The number of nitrogens with one attached hydrogen (secondary N) is 5. The number of methoxy groups -OCH3 is 1. The predicted molar refractivity (Wildman–Crippen MR) is 423 cm³/mol. The van der Waals surface area contributed by atoms with Gasteiger partial charge in [-0.25, -0.2) is 8.78 Å². The van der Waals surface area contributed by atoms with E-state index < -0.39 is 17.5 Å². The summed E-state index contributed by atoms with van der Waals surface area (Å²) in [7, 11) is 1.63. The van der Waals surface area contributed by atoms with Crippen LogP contribution in [0.1, 0.15) is 75.9 Å². The standard InChI is InChI=1S/C23H17NOS2.C16H9F2NOS2.C13H13NO2S2.C12H11NOS2.C11H9NOS2/c1-15-7-5-11-18(13-15)20(21-22(25)24-23(26)27-21)19-12-6-10-17(14-19)16-8-3-2-4-9-16;17-10-7-4-8-11(18)13(10)12(9-5-2-1-3-6-9)14-15(20)19-16(21)22-14;1-3-10(11-12(15)14-13(17)18-11)8-4-6-9(16-2)7-5-8;1-7-4-3-5-9(6-7)8(2)10-11(14)13-12(15)16-10;1-7-3-2-4-8(5-7)6-9-10(13)12-11(14)15-9/h2-14H,1H3,(H,24,25,26);1-8H,(H,19,20,21);4-7H,3H2,1-2H3,(H,14,15,17);3-6H,1-2H3,(H,13,14,15);2-6H,1H3,(H,12,13,14)/b21-20-;14-12-;11-10-;10-8-;9-6-. The maximum Gasteiger partial charge on any atom is 0.264 e. The molecule has 5 N–H and O–H groups in total. The van der Waals surface area contributed by atoms with Gasteiger partial charge < -0.3 is 31.3 Å². The molecule has 5 saturated heterocycles. The van der Waals surface area contributed by atoms with Gasteiger partial charge in [0.05, 0.1) is 37.2 Å². The molecule has 0 unspecified atom stereocenters. The number of hydrogen-bond donors (Lipinski definition) is 5. The van der Waals surface area contributed by atoms with E-state index in [0.717, 1.165) is 97.3 Å². The summed E-state index contributed by atoms with van der Waals surface area (Å²) in [5.74, 6) is -1.52. The molecule has 0 radical (unpaired) electrons. The fraction of sp³-hybridized carbons (Fsp3) is 0.0933. The highest BCUT2D eigenvalue weighted by molar-refractivity contribution is 8.28. The Morgan fingerprint density at radius 1 is 0.418 bits per heavy atom. The normalized spacial score (nSPS) is 17.1. The summed E-state index contributed by atoms with van der Waals surface area (Å²) in [5, 5.41) is 13.1. The minimum absolute atomic E-state index is 0.0889. The third-order valence-corrected chi connectivity index (χ3v) is 20.8. The van der Waals surface area contributed by atoms with Crippen LogP contribution in [0.4, 0.5) is 8.78 Å². The van der Waals surface area contributed by atoms with E-state index in [2.05, 4.69) is 76.0 Å². The van der Waals surface area contributed by atoms with Gasteiger partial charge in [0.25, 0.3) is 29.5 Å². The van der Waals surface area contributed by atoms with E-state index >= 15 is 0 Å². The van der Waals surface area contributed by atoms with Crippen LogP contribution in [-0.4, -0.2) is 58.2 Å². The molecule has 11 nitrogen and oxygen atoms in total. The van der Waals surface area contributed by atoms with Crippen LogP contribution in [0.25, 0.3) is 39.5 Å². The summed E-state index contributed by atoms with van der Waals surface area (Å²) >= 11 is 31.4. The molecule has 0 spiro atoms. The Labute approximate surface area is 615 Å². The monoisotopic (exact) mass is 1480 g/mol. The number of amides is 5. The Bertz CT molecular complexity index is 4690. The van der Waals surface area contributed by atoms with Crippen molar-refractivity contribution in [3.05, 3.63) is 292 Å². The van der Waals surface area contributed by atoms with Gasteiger partial charge in [0.2, 0.25) is 0 Å². The van der Waals surface area contributed by atoms with Gasteiger partial charge in [-0.1, -0.05) is 313 Å². The number of ether oxygens (including phenoxy) is 1. The Hall–Kier alpha value is -8.33. The largest absolute Gasteiger partial charge is 0.497 e. The second-order valence-corrected chi connectivity index (χ2v) is 30.0. The lowest BCUT2D eigenvalue weighted by molar-refractivity contribution is -0.116. The topological polar surface area (TPSA) is 155 Å². The van der Waals surface area contributed by atoms with Crippen LogP contribution in [-0.2, 0) is 24.0 Å². The molecule has 5 fully saturated rings. The summed E-state index contributed by atoms with van der Waals surface area (Å²) in [6, 6.07) is 62.8. The molecule has 0 bridgehead atoms. The van der Waals surface area contributed by atoms with Crippen LogP contribution in [0.2, 0.25) is 0 Å². The lowest BCUT2D eigenvalue weighted by Gasteiger charge is -2.13. The van der Waals surface area contributed by atoms with Crippen molar-refractivity contribution in [2.75, 3.05) is 7.11 Å². The molecule has 23 heteroatoms. The van der Waals surface area contributed by atoms with Gasteiger partial charge in [-0.05, 0) is 126 Å². The number of carbonyl (C=O) groups excluding carboxylic acids is 5. The van der Waals surface area contributed by atoms with Crippen LogP contribution < -0.4 is 31.3 Å². The molecular weight excluding hydrogens is 1430 g/mol. The van der Waals surface area contributed by atoms with Gasteiger partial charge >= 0.3 is 0 Å². The minimum Gasteiger partial charge on any atom is -0.497 e. The Balaban J connectivity index is 0.000000146. The van der Waals surface area contributed by atoms with Crippen molar-refractivity contribution in [3.63, 3.8) is 0 Å². The number of hydrogen-bond acceptors (Lipinski definition) is 16. The highest BCUT2D eigenvalue weighted by atomic mass is 32.2. The summed E-state index contributed by atoms with van der Waals surface area (Å²) in [4.78, 5) is 62.3.